The van der Waals surface area contributed by atoms with E-state index in [2.05, 4.69) is 87.2 Å². The van der Waals surface area contributed by atoms with Crippen LogP contribution in [0.4, 0.5) is 0 Å². The molecule has 0 unspecified atom stereocenters. The molecule has 0 aromatic heterocycles. The quantitative estimate of drug-likeness (QED) is 0.364. The molecule has 1 nitrogen and oxygen atoms in total. The predicted molar refractivity (Wildman–Crippen MR) is 106 cm³/mol. The van der Waals surface area contributed by atoms with E-state index in [1.54, 1.807) is 0 Å². The van der Waals surface area contributed by atoms with Crippen molar-refractivity contribution >= 4 is 10.8 Å². The highest BCUT2D eigenvalue weighted by molar-refractivity contribution is 5.88. The average Bonchev–Trinajstić information content (AvgIpc) is 2.61. The van der Waals surface area contributed by atoms with E-state index in [-0.39, 0.29) is 0 Å². The summed E-state index contributed by atoms with van der Waals surface area (Å²) in [4.78, 5) is 0. The molecule has 0 fully saturated rings. The minimum absolute atomic E-state index is 0.926. The van der Waals surface area contributed by atoms with E-state index in [9.17, 15) is 0 Å². The monoisotopic (exact) mass is 320 g/mol. The summed E-state index contributed by atoms with van der Waals surface area (Å²) in [6, 6.07) is 14.9. The molecule has 0 saturated heterocycles. The number of rotatable bonds is 7. The SMILES string of the molecule is CC=CC[N+](CC#Cc1cccc2ccccc12)(CCC)CCC. The van der Waals surface area contributed by atoms with E-state index in [4.69, 9.17) is 0 Å². The molecule has 24 heavy (non-hydrogen) atoms. The van der Waals surface area contributed by atoms with Crippen LogP contribution in [0.5, 0.6) is 0 Å². The van der Waals surface area contributed by atoms with E-state index < -0.39 is 0 Å². The number of benzene rings is 2. The van der Waals surface area contributed by atoms with Gasteiger partial charge in [0, 0.05) is 5.56 Å². The lowest BCUT2D eigenvalue weighted by Crippen LogP contribution is -2.49. The number of hydrogen-bond acceptors (Lipinski definition) is 0. The highest BCUT2D eigenvalue weighted by Crippen LogP contribution is 2.17. The Balaban J connectivity index is 2.26. The molecule has 0 aliphatic rings. The number of allylic oxidation sites excluding steroid dienone is 1. The zero-order valence-electron chi connectivity index (χ0n) is 15.4. The van der Waals surface area contributed by atoms with E-state index in [0.717, 1.165) is 23.1 Å². The molecule has 0 N–H and O–H groups in total. The Kier molecular flexibility index (Phi) is 7.09. The number of nitrogens with zero attached hydrogens (tertiary/aromatic N) is 1. The standard InChI is InChI=1S/C23H30N/c1-4-7-19-24(17-5-2,18-6-3)20-11-15-22-14-10-13-21-12-8-9-16-23(21)22/h4,7-10,12-14,16H,5-6,17-20H2,1-3H3/q+1. The van der Waals surface area contributed by atoms with Crippen molar-refractivity contribution < 1.29 is 4.48 Å². The molecule has 0 amide bonds. The van der Waals surface area contributed by atoms with Gasteiger partial charge in [0.2, 0.25) is 0 Å². The van der Waals surface area contributed by atoms with Gasteiger partial charge in [0.25, 0.3) is 0 Å². The Morgan fingerprint density at radius 2 is 1.67 bits per heavy atom. The minimum Gasteiger partial charge on any atom is -0.310 e. The van der Waals surface area contributed by atoms with Gasteiger partial charge in [-0.15, -0.1) is 0 Å². The van der Waals surface area contributed by atoms with Crippen LogP contribution in [0.3, 0.4) is 0 Å². The third-order valence-electron chi connectivity index (χ3n) is 4.55. The summed E-state index contributed by atoms with van der Waals surface area (Å²) < 4.78 is 1.08. The second kappa shape index (κ2) is 9.30. The van der Waals surface area contributed by atoms with Crippen LogP contribution in [-0.2, 0) is 0 Å². The number of hydrogen-bond donors (Lipinski definition) is 0. The second-order valence-electron chi connectivity index (χ2n) is 6.53. The van der Waals surface area contributed by atoms with Crippen LogP contribution in [0.25, 0.3) is 10.8 Å². The highest BCUT2D eigenvalue weighted by atomic mass is 15.3. The molecule has 2 aromatic rings. The molecule has 0 radical (unpaired) electrons. The fraction of sp³-hybridized carbons (Fsp3) is 0.391. The van der Waals surface area contributed by atoms with Gasteiger partial charge < -0.3 is 4.48 Å². The van der Waals surface area contributed by atoms with E-state index >= 15 is 0 Å². The van der Waals surface area contributed by atoms with Gasteiger partial charge in [0.05, 0.1) is 19.6 Å². The van der Waals surface area contributed by atoms with Gasteiger partial charge in [-0.25, -0.2) is 0 Å². The normalized spacial score (nSPS) is 11.6. The lowest BCUT2D eigenvalue weighted by molar-refractivity contribution is -0.916. The van der Waals surface area contributed by atoms with Crippen molar-refractivity contribution in [1.82, 2.24) is 0 Å². The minimum atomic E-state index is 0.926. The van der Waals surface area contributed by atoms with Crippen LogP contribution < -0.4 is 0 Å². The zero-order chi connectivity index (χ0) is 17.3. The van der Waals surface area contributed by atoms with Crippen LogP contribution in [0.1, 0.15) is 39.2 Å². The fourth-order valence-electron chi connectivity index (χ4n) is 3.43. The van der Waals surface area contributed by atoms with E-state index in [1.165, 1.54) is 36.7 Å². The fourth-order valence-corrected chi connectivity index (χ4v) is 3.43. The Morgan fingerprint density at radius 1 is 0.958 bits per heavy atom. The Labute approximate surface area is 147 Å². The molecule has 2 aromatic carbocycles. The number of quaternary nitrogens is 1. The summed E-state index contributed by atoms with van der Waals surface area (Å²) >= 11 is 0. The summed E-state index contributed by atoms with van der Waals surface area (Å²) in [5, 5.41) is 2.52. The van der Waals surface area contributed by atoms with Gasteiger partial charge in [-0.2, -0.15) is 0 Å². The first-order valence-electron chi connectivity index (χ1n) is 9.17. The molecular weight excluding hydrogens is 290 g/mol. The van der Waals surface area contributed by atoms with Gasteiger partial charge in [-0.05, 0) is 48.6 Å². The van der Waals surface area contributed by atoms with Gasteiger partial charge >= 0.3 is 0 Å². The zero-order valence-corrected chi connectivity index (χ0v) is 15.4. The van der Waals surface area contributed by atoms with Gasteiger partial charge in [0.1, 0.15) is 6.54 Å². The first-order valence-corrected chi connectivity index (χ1v) is 9.17. The summed E-state index contributed by atoms with van der Waals surface area (Å²) in [6.45, 7) is 11.1. The summed E-state index contributed by atoms with van der Waals surface area (Å²) in [5.74, 6) is 6.95. The molecule has 1 heteroatoms. The summed E-state index contributed by atoms with van der Waals surface area (Å²) in [5.41, 5.74) is 1.14. The van der Waals surface area contributed by atoms with E-state index in [1.807, 2.05) is 0 Å². The second-order valence-corrected chi connectivity index (χ2v) is 6.53. The first kappa shape index (κ1) is 18.3. The molecule has 0 spiro atoms. The molecule has 2 rings (SSSR count). The Bertz CT molecular complexity index is 719. The van der Waals surface area contributed by atoms with Crippen molar-refractivity contribution in [3.63, 3.8) is 0 Å². The molecule has 0 aliphatic carbocycles. The molecule has 126 valence electrons. The maximum Gasteiger partial charge on any atom is 0.141 e. The van der Waals surface area contributed by atoms with Crippen molar-refractivity contribution in [2.24, 2.45) is 0 Å². The molecule has 0 saturated carbocycles. The van der Waals surface area contributed by atoms with Crippen LogP contribution in [0, 0.1) is 11.8 Å². The summed E-state index contributed by atoms with van der Waals surface area (Å²) in [7, 11) is 0. The molecule has 0 atom stereocenters. The third-order valence-corrected chi connectivity index (χ3v) is 4.55. The first-order chi connectivity index (χ1) is 11.7. The van der Waals surface area contributed by atoms with Gasteiger partial charge in [-0.3, -0.25) is 0 Å². The lowest BCUT2D eigenvalue weighted by atomic mass is 10.1. The smallest absolute Gasteiger partial charge is 0.141 e. The molecular formula is C23H30N+. The van der Waals surface area contributed by atoms with Gasteiger partial charge in [-0.1, -0.05) is 62.2 Å². The maximum atomic E-state index is 3.50. The lowest BCUT2D eigenvalue weighted by Gasteiger charge is -2.36. The van der Waals surface area contributed by atoms with Crippen LogP contribution in [0.2, 0.25) is 0 Å². The number of fused-ring (bicyclic) bond motifs is 1. The van der Waals surface area contributed by atoms with Crippen molar-refractivity contribution in [2.45, 2.75) is 33.6 Å². The van der Waals surface area contributed by atoms with Crippen molar-refractivity contribution in [3.8, 4) is 11.8 Å². The Hall–Kier alpha value is -2.04. The molecule has 0 bridgehead atoms. The summed E-state index contributed by atoms with van der Waals surface area (Å²) in [6.07, 6.45) is 6.86. The van der Waals surface area contributed by atoms with E-state index in [0.29, 0.717) is 0 Å². The van der Waals surface area contributed by atoms with Crippen molar-refractivity contribution in [1.29, 1.82) is 0 Å². The van der Waals surface area contributed by atoms with Gasteiger partial charge in [0.15, 0.2) is 0 Å². The topological polar surface area (TPSA) is 0 Å². The largest absolute Gasteiger partial charge is 0.310 e. The van der Waals surface area contributed by atoms with Crippen LogP contribution in [0.15, 0.2) is 54.6 Å². The maximum absolute atomic E-state index is 3.50. The highest BCUT2D eigenvalue weighted by Gasteiger charge is 2.22. The van der Waals surface area contributed by atoms with Crippen LogP contribution in [-0.4, -0.2) is 30.7 Å². The average molecular weight is 321 g/mol. The molecule has 0 heterocycles. The third kappa shape index (κ3) is 4.73. The van der Waals surface area contributed by atoms with Crippen molar-refractivity contribution in [3.05, 3.63) is 60.2 Å². The van der Waals surface area contributed by atoms with Crippen molar-refractivity contribution in [2.75, 3.05) is 26.2 Å². The predicted octanol–water partition coefficient (Wildman–Crippen LogP) is 5.40. The molecule has 0 aliphatic heterocycles. The Morgan fingerprint density at radius 3 is 2.38 bits per heavy atom. The van der Waals surface area contributed by atoms with Crippen LogP contribution >= 0.6 is 0 Å².